The molecular weight excluding hydrogens is 292 g/mol. The molecule has 0 fully saturated rings. The van der Waals surface area contributed by atoms with Gasteiger partial charge < -0.3 is 5.32 Å². The fourth-order valence-corrected chi connectivity index (χ4v) is 2.12. The number of nitrogens with zero attached hydrogens (tertiary/aromatic N) is 2. The van der Waals surface area contributed by atoms with Crippen LogP contribution in [0.25, 0.3) is 5.69 Å². The number of aromatic amines is 1. The van der Waals surface area contributed by atoms with Crippen molar-refractivity contribution in [3.8, 4) is 5.69 Å². The van der Waals surface area contributed by atoms with Crippen molar-refractivity contribution in [1.82, 2.24) is 20.1 Å². The lowest BCUT2D eigenvalue weighted by Crippen LogP contribution is -2.28. The fourth-order valence-electron chi connectivity index (χ4n) is 1.94. The third-order valence-electron chi connectivity index (χ3n) is 2.98. The Morgan fingerprint density at radius 2 is 2.29 bits per heavy atom. The molecule has 0 bridgehead atoms. The molecule has 1 aromatic heterocycles. The van der Waals surface area contributed by atoms with Crippen LogP contribution in [0.5, 0.6) is 0 Å². The standard InChI is InChI=1S/C14H17ClN4O2/c1-2-3-7-16-13(20)9-12-17-18-14(21)19(12)11-6-4-5-10(15)8-11/h4-6,8H,2-3,7,9H2,1H3,(H,16,20)(H,18,21). The third-order valence-corrected chi connectivity index (χ3v) is 3.21. The molecule has 1 aromatic carbocycles. The Kier molecular flexibility index (Phi) is 5.16. The molecule has 0 unspecified atom stereocenters. The zero-order chi connectivity index (χ0) is 15.2. The molecule has 0 spiro atoms. The molecule has 0 aliphatic heterocycles. The molecule has 0 saturated heterocycles. The number of carbonyl (C=O) groups is 1. The predicted octanol–water partition coefficient (Wildman–Crippen LogP) is 1.67. The molecule has 2 N–H and O–H groups in total. The van der Waals surface area contributed by atoms with Gasteiger partial charge in [-0.2, -0.15) is 5.10 Å². The van der Waals surface area contributed by atoms with E-state index in [1.165, 1.54) is 4.57 Å². The van der Waals surface area contributed by atoms with Gasteiger partial charge in [-0.15, -0.1) is 0 Å². The van der Waals surface area contributed by atoms with Crippen LogP contribution in [0.4, 0.5) is 0 Å². The zero-order valence-electron chi connectivity index (χ0n) is 11.7. The average molecular weight is 309 g/mol. The fraction of sp³-hybridized carbons (Fsp3) is 0.357. The second-order valence-corrected chi connectivity index (χ2v) is 5.08. The maximum Gasteiger partial charge on any atom is 0.347 e. The summed E-state index contributed by atoms with van der Waals surface area (Å²) in [7, 11) is 0. The molecule has 112 valence electrons. The Morgan fingerprint density at radius 3 is 3.00 bits per heavy atom. The van der Waals surface area contributed by atoms with Crippen LogP contribution in [-0.2, 0) is 11.2 Å². The van der Waals surface area contributed by atoms with E-state index in [2.05, 4.69) is 22.4 Å². The minimum absolute atomic E-state index is 0.0367. The number of carbonyl (C=O) groups excluding carboxylic acids is 1. The van der Waals surface area contributed by atoms with Crippen LogP contribution in [0, 0.1) is 0 Å². The maximum absolute atomic E-state index is 11.9. The number of aromatic nitrogens is 3. The summed E-state index contributed by atoms with van der Waals surface area (Å²) in [6, 6.07) is 6.84. The van der Waals surface area contributed by atoms with Gasteiger partial charge in [0.05, 0.1) is 12.1 Å². The van der Waals surface area contributed by atoms with E-state index in [-0.39, 0.29) is 12.3 Å². The van der Waals surface area contributed by atoms with Crippen molar-refractivity contribution < 1.29 is 4.79 Å². The lowest BCUT2D eigenvalue weighted by molar-refractivity contribution is -0.120. The van der Waals surface area contributed by atoms with Crippen molar-refractivity contribution in [2.45, 2.75) is 26.2 Å². The van der Waals surface area contributed by atoms with Gasteiger partial charge in [-0.05, 0) is 24.6 Å². The van der Waals surface area contributed by atoms with Gasteiger partial charge in [0.15, 0.2) is 0 Å². The van der Waals surface area contributed by atoms with E-state index in [4.69, 9.17) is 11.6 Å². The van der Waals surface area contributed by atoms with Crippen molar-refractivity contribution >= 4 is 17.5 Å². The summed E-state index contributed by atoms with van der Waals surface area (Å²) in [4.78, 5) is 23.7. The van der Waals surface area contributed by atoms with Crippen molar-refractivity contribution in [2.24, 2.45) is 0 Å². The van der Waals surface area contributed by atoms with E-state index in [1.807, 2.05) is 0 Å². The van der Waals surface area contributed by atoms with Crippen LogP contribution in [-0.4, -0.2) is 27.2 Å². The first-order chi connectivity index (χ1) is 10.1. The number of unbranched alkanes of at least 4 members (excludes halogenated alkanes) is 1. The number of H-pyrrole nitrogens is 1. The van der Waals surface area contributed by atoms with Gasteiger partial charge in [0, 0.05) is 11.6 Å². The first kappa shape index (κ1) is 15.3. The predicted molar refractivity (Wildman–Crippen MR) is 80.8 cm³/mol. The highest BCUT2D eigenvalue weighted by Crippen LogP contribution is 2.14. The number of rotatable bonds is 6. The van der Waals surface area contributed by atoms with Crippen LogP contribution in [0.3, 0.4) is 0 Å². The Morgan fingerprint density at radius 1 is 1.48 bits per heavy atom. The highest BCUT2D eigenvalue weighted by atomic mass is 35.5. The molecule has 2 rings (SSSR count). The molecule has 6 nitrogen and oxygen atoms in total. The molecular formula is C14H17ClN4O2. The summed E-state index contributed by atoms with van der Waals surface area (Å²) >= 11 is 5.93. The van der Waals surface area contributed by atoms with E-state index in [9.17, 15) is 9.59 Å². The summed E-state index contributed by atoms with van der Waals surface area (Å²) in [5.74, 6) is 0.196. The molecule has 0 saturated carbocycles. The number of hydrogen-bond acceptors (Lipinski definition) is 3. The van der Waals surface area contributed by atoms with Crippen molar-refractivity contribution in [1.29, 1.82) is 0 Å². The molecule has 21 heavy (non-hydrogen) atoms. The lowest BCUT2D eigenvalue weighted by Gasteiger charge is -2.07. The first-order valence-electron chi connectivity index (χ1n) is 6.80. The smallest absolute Gasteiger partial charge is 0.347 e. The van der Waals surface area contributed by atoms with E-state index in [0.29, 0.717) is 23.1 Å². The van der Waals surface area contributed by atoms with Gasteiger partial charge >= 0.3 is 5.69 Å². The number of hydrogen-bond donors (Lipinski definition) is 2. The van der Waals surface area contributed by atoms with E-state index in [1.54, 1.807) is 24.3 Å². The first-order valence-corrected chi connectivity index (χ1v) is 7.18. The normalized spacial score (nSPS) is 10.6. The number of benzene rings is 1. The third kappa shape index (κ3) is 3.95. The second-order valence-electron chi connectivity index (χ2n) is 4.64. The Bertz CT molecular complexity index is 678. The molecule has 0 aliphatic rings. The van der Waals surface area contributed by atoms with Crippen LogP contribution < -0.4 is 11.0 Å². The van der Waals surface area contributed by atoms with Gasteiger partial charge in [0.2, 0.25) is 5.91 Å². The second kappa shape index (κ2) is 7.08. The van der Waals surface area contributed by atoms with Crippen molar-refractivity contribution in [2.75, 3.05) is 6.54 Å². The quantitative estimate of drug-likeness (QED) is 0.797. The SMILES string of the molecule is CCCCNC(=O)Cc1n[nH]c(=O)n1-c1cccc(Cl)c1. The molecule has 1 heterocycles. The van der Waals surface area contributed by atoms with Gasteiger partial charge in [-0.3, -0.25) is 4.79 Å². The topological polar surface area (TPSA) is 79.8 Å². The maximum atomic E-state index is 11.9. The van der Waals surface area contributed by atoms with E-state index in [0.717, 1.165) is 12.8 Å². The summed E-state index contributed by atoms with van der Waals surface area (Å²) < 4.78 is 1.35. The molecule has 0 aliphatic carbocycles. The molecule has 1 amide bonds. The van der Waals surface area contributed by atoms with E-state index >= 15 is 0 Å². The monoisotopic (exact) mass is 308 g/mol. The van der Waals surface area contributed by atoms with Gasteiger partial charge in [0.25, 0.3) is 0 Å². The molecule has 2 aromatic rings. The lowest BCUT2D eigenvalue weighted by atomic mass is 10.3. The van der Waals surface area contributed by atoms with Crippen LogP contribution in [0.2, 0.25) is 5.02 Å². The minimum Gasteiger partial charge on any atom is -0.356 e. The minimum atomic E-state index is -0.395. The summed E-state index contributed by atoms with van der Waals surface area (Å²) in [5, 5.41) is 9.58. The Hall–Kier alpha value is -2.08. The summed E-state index contributed by atoms with van der Waals surface area (Å²) in [5.41, 5.74) is 0.186. The Balaban J connectivity index is 2.19. The molecule has 0 radical (unpaired) electrons. The van der Waals surface area contributed by atoms with Crippen LogP contribution in [0.15, 0.2) is 29.1 Å². The summed E-state index contributed by atoms with van der Waals surface area (Å²) in [6.07, 6.45) is 1.97. The Labute approximate surface area is 127 Å². The van der Waals surface area contributed by atoms with Gasteiger partial charge in [-0.1, -0.05) is 31.0 Å². The number of halogens is 1. The average Bonchev–Trinajstić information content (AvgIpc) is 2.80. The zero-order valence-corrected chi connectivity index (χ0v) is 12.5. The highest BCUT2D eigenvalue weighted by Gasteiger charge is 2.14. The largest absolute Gasteiger partial charge is 0.356 e. The van der Waals surface area contributed by atoms with Crippen LogP contribution in [0.1, 0.15) is 25.6 Å². The molecule has 0 atom stereocenters. The number of nitrogens with one attached hydrogen (secondary N) is 2. The van der Waals surface area contributed by atoms with Gasteiger partial charge in [-0.25, -0.2) is 14.5 Å². The summed E-state index contributed by atoms with van der Waals surface area (Å²) in [6.45, 7) is 2.68. The van der Waals surface area contributed by atoms with Gasteiger partial charge in [0.1, 0.15) is 5.82 Å². The highest BCUT2D eigenvalue weighted by molar-refractivity contribution is 6.30. The van der Waals surface area contributed by atoms with E-state index < -0.39 is 5.69 Å². The van der Waals surface area contributed by atoms with Crippen LogP contribution >= 0.6 is 11.6 Å². The van der Waals surface area contributed by atoms with Crippen molar-refractivity contribution in [3.05, 3.63) is 45.6 Å². The molecule has 7 heteroatoms. The number of amides is 1. The van der Waals surface area contributed by atoms with Crippen molar-refractivity contribution in [3.63, 3.8) is 0 Å².